The number of aromatic hydroxyl groups is 1. The van der Waals surface area contributed by atoms with Crippen LogP contribution in [0.5, 0.6) is 17.2 Å². The van der Waals surface area contributed by atoms with Gasteiger partial charge in [-0.1, -0.05) is 6.07 Å². The molecular formula is C20H23NO4. The van der Waals surface area contributed by atoms with Crippen molar-refractivity contribution < 1.29 is 19.4 Å². The minimum Gasteiger partial charge on any atom is -0.508 e. The normalized spacial score (nSPS) is 13.3. The van der Waals surface area contributed by atoms with E-state index >= 15 is 0 Å². The number of amides is 1. The third-order valence-electron chi connectivity index (χ3n) is 4.28. The molecule has 5 nitrogen and oxygen atoms in total. The maximum Gasteiger partial charge on any atom is 0.254 e. The fourth-order valence-corrected chi connectivity index (χ4v) is 3.08. The van der Waals surface area contributed by atoms with Crippen LogP contribution in [0.1, 0.15) is 35.3 Å². The third kappa shape index (κ3) is 3.71. The van der Waals surface area contributed by atoms with E-state index in [2.05, 4.69) is 0 Å². The average molecular weight is 341 g/mol. The molecule has 0 unspecified atom stereocenters. The molecule has 0 aliphatic carbocycles. The van der Waals surface area contributed by atoms with E-state index in [1.807, 2.05) is 24.8 Å². The van der Waals surface area contributed by atoms with Crippen molar-refractivity contribution in [1.82, 2.24) is 4.90 Å². The number of hydrogen-bond donors (Lipinski definition) is 1. The summed E-state index contributed by atoms with van der Waals surface area (Å²) in [6.07, 6.45) is 0.741. The van der Waals surface area contributed by atoms with Crippen LogP contribution in [0.4, 0.5) is 0 Å². The molecule has 1 aliphatic rings. The summed E-state index contributed by atoms with van der Waals surface area (Å²) in [5.74, 6) is 1.49. The fourth-order valence-electron chi connectivity index (χ4n) is 3.08. The van der Waals surface area contributed by atoms with Gasteiger partial charge in [-0.3, -0.25) is 4.79 Å². The number of ether oxygens (including phenoxy) is 2. The van der Waals surface area contributed by atoms with Gasteiger partial charge in [0.25, 0.3) is 5.91 Å². The van der Waals surface area contributed by atoms with E-state index in [0.29, 0.717) is 43.4 Å². The van der Waals surface area contributed by atoms with Crippen LogP contribution in [-0.4, -0.2) is 35.7 Å². The summed E-state index contributed by atoms with van der Waals surface area (Å²) < 4.78 is 11.2. The highest BCUT2D eigenvalue weighted by molar-refractivity contribution is 5.95. The van der Waals surface area contributed by atoms with Crippen molar-refractivity contribution >= 4 is 5.91 Å². The van der Waals surface area contributed by atoms with Crippen LogP contribution in [0.15, 0.2) is 36.4 Å². The number of rotatable bonds is 5. The van der Waals surface area contributed by atoms with E-state index in [-0.39, 0.29) is 11.7 Å². The fraction of sp³-hybridized carbons (Fsp3) is 0.350. The molecule has 132 valence electrons. The first-order valence-electron chi connectivity index (χ1n) is 8.62. The lowest BCUT2D eigenvalue weighted by atomic mass is 9.99. The van der Waals surface area contributed by atoms with Gasteiger partial charge in [-0.15, -0.1) is 0 Å². The van der Waals surface area contributed by atoms with E-state index in [1.165, 1.54) is 0 Å². The summed E-state index contributed by atoms with van der Waals surface area (Å²) in [5.41, 5.74) is 2.77. The van der Waals surface area contributed by atoms with Crippen LogP contribution in [0.3, 0.4) is 0 Å². The summed E-state index contributed by atoms with van der Waals surface area (Å²) >= 11 is 0. The number of nitrogens with zero attached hydrogens (tertiary/aromatic N) is 1. The number of carbonyl (C=O) groups excluding carboxylic acids is 1. The maximum atomic E-state index is 12.9. The molecule has 0 radical (unpaired) electrons. The van der Waals surface area contributed by atoms with Crippen molar-refractivity contribution in [2.45, 2.75) is 26.8 Å². The van der Waals surface area contributed by atoms with Gasteiger partial charge in [-0.05, 0) is 61.7 Å². The van der Waals surface area contributed by atoms with Gasteiger partial charge in [0.05, 0.1) is 13.2 Å². The number of fused-ring (bicyclic) bond motifs is 1. The molecule has 0 fully saturated rings. The van der Waals surface area contributed by atoms with Crippen LogP contribution in [-0.2, 0) is 13.0 Å². The second-order valence-electron chi connectivity index (χ2n) is 5.96. The van der Waals surface area contributed by atoms with Gasteiger partial charge in [0, 0.05) is 18.7 Å². The zero-order valence-corrected chi connectivity index (χ0v) is 14.6. The summed E-state index contributed by atoms with van der Waals surface area (Å²) in [7, 11) is 0. The van der Waals surface area contributed by atoms with Gasteiger partial charge in [-0.2, -0.15) is 0 Å². The third-order valence-corrected chi connectivity index (χ3v) is 4.28. The number of phenols is 1. The Hall–Kier alpha value is -2.69. The van der Waals surface area contributed by atoms with Crippen LogP contribution in [0.2, 0.25) is 0 Å². The highest BCUT2D eigenvalue weighted by atomic mass is 16.5. The zero-order chi connectivity index (χ0) is 17.8. The van der Waals surface area contributed by atoms with Crippen LogP contribution < -0.4 is 9.47 Å². The zero-order valence-electron chi connectivity index (χ0n) is 14.6. The molecule has 1 heterocycles. The van der Waals surface area contributed by atoms with Crippen molar-refractivity contribution in [3.63, 3.8) is 0 Å². The van der Waals surface area contributed by atoms with Gasteiger partial charge in [0.1, 0.15) is 5.75 Å². The van der Waals surface area contributed by atoms with Gasteiger partial charge < -0.3 is 19.5 Å². The van der Waals surface area contributed by atoms with E-state index in [9.17, 15) is 9.90 Å². The average Bonchev–Trinajstić information content (AvgIpc) is 2.62. The van der Waals surface area contributed by atoms with E-state index in [1.54, 1.807) is 30.3 Å². The molecule has 1 N–H and O–H groups in total. The predicted octanol–water partition coefficient (Wildman–Crippen LogP) is 3.39. The van der Waals surface area contributed by atoms with E-state index < -0.39 is 0 Å². The highest BCUT2D eigenvalue weighted by Crippen LogP contribution is 2.30. The lowest BCUT2D eigenvalue weighted by molar-refractivity contribution is 0.0734. The Morgan fingerprint density at radius 2 is 1.80 bits per heavy atom. The Labute approximate surface area is 147 Å². The quantitative estimate of drug-likeness (QED) is 0.906. The molecule has 2 aromatic carbocycles. The van der Waals surface area contributed by atoms with Crippen LogP contribution in [0, 0.1) is 0 Å². The van der Waals surface area contributed by atoms with Crippen LogP contribution >= 0.6 is 0 Å². The Kier molecular flexibility index (Phi) is 5.12. The Morgan fingerprint density at radius 1 is 1.04 bits per heavy atom. The van der Waals surface area contributed by atoms with Crippen molar-refractivity contribution in [2.24, 2.45) is 0 Å². The monoisotopic (exact) mass is 341 g/mol. The first kappa shape index (κ1) is 17.1. The van der Waals surface area contributed by atoms with Crippen molar-refractivity contribution in [1.29, 1.82) is 0 Å². The molecule has 3 rings (SSSR count). The second-order valence-corrected chi connectivity index (χ2v) is 5.96. The highest BCUT2D eigenvalue weighted by Gasteiger charge is 2.23. The summed E-state index contributed by atoms with van der Waals surface area (Å²) in [4.78, 5) is 14.7. The van der Waals surface area contributed by atoms with Crippen LogP contribution in [0.25, 0.3) is 0 Å². The molecule has 25 heavy (non-hydrogen) atoms. The number of phenolic OH excluding ortho intramolecular Hbond substituents is 1. The standard InChI is InChI=1S/C20H23NO4/c1-3-24-18-8-6-15(12-19(18)25-4-2)20(23)21-10-9-14-11-17(22)7-5-16(14)13-21/h5-8,11-12,22H,3-4,9-10,13H2,1-2H3. The number of carbonyl (C=O) groups is 1. The van der Waals surface area contributed by atoms with Gasteiger partial charge in [0.15, 0.2) is 11.5 Å². The smallest absolute Gasteiger partial charge is 0.254 e. The molecule has 0 atom stereocenters. The minimum absolute atomic E-state index is 0.0253. The molecule has 0 spiro atoms. The lowest BCUT2D eigenvalue weighted by Gasteiger charge is -2.29. The molecule has 0 saturated heterocycles. The molecule has 1 aliphatic heterocycles. The SMILES string of the molecule is CCOc1ccc(C(=O)N2CCc3cc(O)ccc3C2)cc1OCC. The maximum absolute atomic E-state index is 12.9. The molecule has 1 amide bonds. The molecule has 0 bridgehead atoms. The summed E-state index contributed by atoms with van der Waals surface area (Å²) in [6.45, 7) is 6.05. The summed E-state index contributed by atoms with van der Waals surface area (Å²) in [5, 5.41) is 9.59. The molecule has 5 heteroatoms. The lowest BCUT2D eigenvalue weighted by Crippen LogP contribution is -2.35. The van der Waals surface area contributed by atoms with Gasteiger partial charge in [-0.25, -0.2) is 0 Å². The van der Waals surface area contributed by atoms with Gasteiger partial charge >= 0.3 is 0 Å². The first-order valence-corrected chi connectivity index (χ1v) is 8.62. The second kappa shape index (κ2) is 7.47. The van der Waals surface area contributed by atoms with Crippen molar-refractivity contribution in [2.75, 3.05) is 19.8 Å². The minimum atomic E-state index is -0.0253. The molecule has 0 saturated carbocycles. The Balaban J connectivity index is 1.81. The van der Waals surface area contributed by atoms with Crippen molar-refractivity contribution in [3.05, 3.63) is 53.1 Å². The first-order chi connectivity index (χ1) is 12.1. The largest absolute Gasteiger partial charge is 0.508 e. The molecule has 2 aromatic rings. The van der Waals surface area contributed by atoms with E-state index in [4.69, 9.17) is 9.47 Å². The topological polar surface area (TPSA) is 59.0 Å². The predicted molar refractivity (Wildman–Crippen MR) is 95.3 cm³/mol. The number of hydrogen-bond acceptors (Lipinski definition) is 4. The number of benzene rings is 2. The Morgan fingerprint density at radius 3 is 2.56 bits per heavy atom. The molecular weight excluding hydrogens is 318 g/mol. The van der Waals surface area contributed by atoms with Gasteiger partial charge in [0.2, 0.25) is 0 Å². The van der Waals surface area contributed by atoms with E-state index in [0.717, 1.165) is 17.5 Å². The summed E-state index contributed by atoms with van der Waals surface area (Å²) in [6, 6.07) is 10.6. The van der Waals surface area contributed by atoms with Crippen molar-refractivity contribution in [3.8, 4) is 17.2 Å². The Bertz CT molecular complexity index is 772. The molecule has 0 aromatic heterocycles.